The molecule has 1 saturated heterocycles. The second kappa shape index (κ2) is 10.8. The van der Waals surface area contributed by atoms with Gasteiger partial charge in [-0.2, -0.15) is 0 Å². The first-order valence-corrected chi connectivity index (χ1v) is 12.6. The Bertz CT molecular complexity index is 1110. The molecule has 1 atom stereocenters. The predicted molar refractivity (Wildman–Crippen MR) is 137 cm³/mol. The fraction of sp³-hybridized carbons (Fsp3) is 0.407. The maximum absolute atomic E-state index is 13.8. The van der Waals surface area contributed by atoms with Crippen molar-refractivity contribution >= 4 is 23.2 Å². The number of nitrogens with zero attached hydrogens (tertiary/aromatic N) is 3. The summed E-state index contributed by atoms with van der Waals surface area (Å²) in [6.45, 7) is 6.27. The zero-order valence-corrected chi connectivity index (χ0v) is 20.8. The molecule has 1 fully saturated rings. The highest BCUT2D eigenvalue weighted by Gasteiger charge is 2.42. The molecule has 0 bridgehead atoms. The van der Waals surface area contributed by atoms with E-state index in [-0.39, 0.29) is 11.9 Å². The third-order valence-electron chi connectivity index (χ3n) is 6.79. The van der Waals surface area contributed by atoms with E-state index in [0.29, 0.717) is 30.4 Å². The molecule has 0 spiro atoms. The van der Waals surface area contributed by atoms with Crippen LogP contribution >= 0.6 is 11.6 Å². The number of aliphatic imine (C=N–C) groups is 1. The van der Waals surface area contributed by atoms with E-state index in [1.807, 2.05) is 53.4 Å². The van der Waals surface area contributed by atoms with Gasteiger partial charge in [-0.3, -0.25) is 14.7 Å². The SMILES string of the molecule is COc1ccc(C2=NCCNC3=C2[C@@H](c2ccc(Cl)cc2)N(CCCN2CCOCC2)C3=O)cc1. The number of benzene rings is 2. The van der Waals surface area contributed by atoms with Crippen molar-refractivity contribution in [2.24, 2.45) is 4.99 Å². The number of carbonyl (C=O) groups is 1. The van der Waals surface area contributed by atoms with Gasteiger partial charge in [0, 0.05) is 48.9 Å². The average Bonchev–Trinajstić information content (AvgIpc) is 3.03. The van der Waals surface area contributed by atoms with Gasteiger partial charge in [0.05, 0.1) is 38.6 Å². The van der Waals surface area contributed by atoms with Crippen LogP contribution in [0.4, 0.5) is 0 Å². The largest absolute Gasteiger partial charge is 0.497 e. The van der Waals surface area contributed by atoms with Crippen molar-refractivity contribution in [1.82, 2.24) is 15.1 Å². The van der Waals surface area contributed by atoms with Gasteiger partial charge in [-0.15, -0.1) is 0 Å². The highest BCUT2D eigenvalue weighted by molar-refractivity contribution is 6.30. The maximum Gasteiger partial charge on any atom is 0.271 e. The van der Waals surface area contributed by atoms with Crippen LogP contribution in [0.25, 0.3) is 0 Å². The lowest BCUT2D eigenvalue weighted by molar-refractivity contribution is -0.127. The van der Waals surface area contributed by atoms with Crippen LogP contribution in [0.3, 0.4) is 0 Å². The highest BCUT2D eigenvalue weighted by atomic mass is 35.5. The Hall–Kier alpha value is -2.87. The third-order valence-corrected chi connectivity index (χ3v) is 7.05. The van der Waals surface area contributed by atoms with Gasteiger partial charge in [-0.25, -0.2) is 0 Å². The molecule has 2 aromatic rings. The second-order valence-corrected chi connectivity index (χ2v) is 9.37. The van der Waals surface area contributed by atoms with Gasteiger partial charge in [-0.05, 0) is 48.4 Å². The molecule has 1 N–H and O–H groups in total. The summed E-state index contributed by atoms with van der Waals surface area (Å²) in [6, 6.07) is 15.5. The lowest BCUT2D eigenvalue weighted by Crippen LogP contribution is -2.39. The predicted octanol–water partition coefficient (Wildman–Crippen LogP) is 3.30. The number of hydrogen-bond acceptors (Lipinski definition) is 6. The van der Waals surface area contributed by atoms with Crippen LogP contribution < -0.4 is 10.1 Å². The zero-order chi connectivity index (χ0) is 24.2. The van der Waals surface area contributed by atoms with E-state index in [4.69, 9.17) is 26.1 Å². The summed E-state index contributed by atoms with van der Waals surface area (Å²) < 4.78 is 10.8. The van der Waals surface area contributed by atoms with E-state index in [2.05, 4.69) is 10.2 Å². The number of halogens is 1. The lowest BCUT2D eigenvalue weighted by atomic mass is 9.91. The Morgan fingerprint density at radius 1 is 1.09 bits per heavy atom. The topological polar surface area (TPSA) is 66.4 Å². The van der Waals surface area contributed by atoms with Gasteiger partial charge in [-0.1, -0.05) is 23.7 Å². The molecule has 0 unspecified atom stereocenters. The molecule has 0 saturated carbocycles. The van der Waals surface area contributed by atoms with Gasteiger partial charge >= 0.3 is 0 Å². The van der Waals surface area contributed by atoms with E-state index in [9.17, 15) is 4.79 Å². The number of ether oxygens (including phenoxy) is 2. The number of nitrogens with one attached hydrogen (secondary N) is 1. The first-order valence-electron chi connectivity index (χ1n) is 12.2. The molecular weight excluding hydrogens is 464 g/mol. The van der Waals surface area contributed by atoms with Crippen LogP contribution in [-0.4, -0.2) is 81.0 Å². The number of rotatable bonds is 7. The number of hydrogen-bond donors (Lipinski definition) is 1. The molecule has 5 rings (SSSR count). The number of amides is 1. The molecule has 7 nitrogen and oxygen atoms in total. The molecule has 2 aromatic carbocycles. The summed E-state index contributed by atoms with van der Waals surface area (Å²) in [6.07, 6.45) is 0.894. The van der Waals surface area contributed by atoms with Crippen molar-refractivity contribution in [3.63, 3.8) is 0 Å². The van der Waals surface area contributed by atoms with E-state index < -0.39 is 0 Å². The molecule has 0 aliphatic carbocycles. The van der Waals surface area contributed by atoms with Gasteiger partial charge in [0.1, 0.15) is 11.4 Å². The molecule has 8 heteroatoms. The van der Waals surface area contributed by atoms with Gasteiger partial charge in [0.15, 0.2) is 0 Å². The molecule has 1 amide bonds. The summed E-state index contributed by atoms with van der Waals surface area (Å²) in [7, 11) is 1.66. The van der Waals surface area contributed by atoms with Crippen LogP contribution in [0.1, 0.15) is 23.6 Å². The summed E-state index contributed by atoms with van der Waals surface area (Å²) in [5.74, 6) is 0.821. The fourth-order valence-electron chi connectivity index (χ4n) is 5.03. The Labute approximate surface area is 211 Å². The molecule has 0 aromatic heterocycles. The van der Waals surface area contributed by atoms with Crippen LogP contribution in [0.15, 0.2) is 64.8 Å². The summed E-state index contributed by atoms with van der Waals surface area (Å²) in [5.41, 5.74) is 4.46. The minimum atomic E-state index is -0.231. The number of methoxy groups -OCH3 is 1. The first kappa shape index (κ1) is 23.9. The monoisotopic (exact) mass is 494 g/mol. The average molecular weight is 495 g/mol. The second-order valence-electron chi connectivity index (χ2n) is 8.93. The number of carbonyl (C=O) groups excluding carboxylic acids is 1. The van der Waals surface area contributed by atoms with Crippen LogP contribution in [-0.2, 0) is 9.53 Å². The minimum Gasteiger partial charge on any atom is -0.497 e. The lowest BCUT2D eigenvalue weighted by Gasteiger charge is -2.30. The molecule has 184 valence electrons. The van der Waals surface area contributed by atoms with Crippen LogP contribution in [0.2, 0.25) is 5.02 Å². The van der Waals surface area contributed by atoms with Crippen molar-refractivity contribution in [3.05, 3.63) is 76.0 Å². The van der Waals surface area contributed by atoms with Crippen molar-refractivity contribution in [2.45, 2.75) is 12.5 Å². The van der Waals surface area contributed by atoms with Gasteiger partial charge in [0.2, 0.25) is 0 Å². The molecule has 3 aliphatic rings. The van der Waals surface area contributed by atoms with E-state index >= 15 is 0 Å². The molecule has 3 heterocycles. The Morgan fingerprint density at radius 3 is 2.54 bits per heavy atom. The van der Waals surface area contributed by atoms with Crippen LogP contribution in [0.5, 0.6) is 5.75 Å². The summed E-state index contributed by atoms with van der Waals surface area (Å²) in [5, 5.41) is 4.07. The van der Waals surface area contributed by atoms with Crippen molar-refractivity contribution in [2.75, 3.05) is 59.6 Å². The Morgan fingerprint density at radius 2 is 1.83 bits per heavy atom. The van der Waals surface area contributed by atoms with E-state index in [1.165, 1.54) is 0 Å². The zero-order valence-electron chi connectivity index (χ0n) is 20.0. The smallest absolute Gasteiger partial charge is 0.271 e. The Balaban J connectivity index is 1.48. The standard InChI is InChI=1S/C27H31ClN4O3/c1-34-22-9-5-19(6-10-22)24-23-25(30-12-11-29-24)27(33)32(14-2-13-31-15-17-35-18-16-31)26(23)20-3-7-21(28)8-4-20/h3-10,26,30H,2,11-18H2,1H3/t26-/m1/s1. The van der Waals surface area contributed by atoms with Gasteiger partial charge in [0.25, 0.3) is 5.91 Å². The Kier molecular flexibility index (Phi) is 7.37. The molecule has 35 heavy (non-hydrogen) atoms. The first-order chi connectivity index (χ1) is 17.2. The van der Waals surface area contributed by atoms with Crippen molar-refractivity contribution < 1.29 is 14.3 Å². The van der Waals surface area contributed by atoms with Gasteiger partial charge < -0.3 is 19.7 Å². The van der Waals surface area contributed by atoms with E-state index in [0.717, 1.165) is 67.4 Å². The molecule has 0 radical (unpaired) electrons. The van der Waals surface area contributed by atoms with E-state index in [1.54, 1.807) is 7.11 Å². The summed E-state index contributed by atoms with van der Waals surface area (Å²) in [4.78, 5) is 23.1. The summed E-state index contributed by atoms with van der Waals surface area (Å²) >= 11 is 6.21. The molecule has 3 aliphatic heterocycles. The quantitative estimate of drug-likeness (QED) is 0.639. The fourth-order valence-corrected chi connectivity index (χ4v) is 5.15. The normalized spacial score (nSPS) is 20.9. The maximum atomic E-state index is 13.8. The number of morpholine rings is 1. The highest BCUT2D eigenvalue weighted by Crippen LogP contribution is 2.40. The third kappa shape index (κ3) is 5.08. The van der Waals surface area contributed by atoms with Crippen LogP contribution in [0, 0.1) is 0 Å². The van der Waals surface area contributed by atoms with Crippen molar-refractivity contribution in [3.8, 4) is 5.75 Å². The minimum absolute atomic E-state index is 0.0324. The molecular formula is C27H31ClN4O3. The van der Waals surface area contributed by atoms with Crippen molar-refractivity contribution in [1.29, 1.82) is 0 Å².